The number of rotatable bonds is 8. The minimum atomic E-state index is -0.335. The average molecular weight is 493 g/mol. The van der Waals surface area contributed by atoms with Gasteiger partial charge in [0, 0.05) is 24.2 Å². The van der Waals surface area contributed by atoms with Crippen molar-refractivity contribution in [1.82, 2.24) is 20.4 Å². The number of hydrogen-bond acceptors (Lipinski definition) is 4. The van der Waals surface area contributed by atoms with Crippen LogP contribution in [0.1, 0.15) is 57.9 Å². The van der Waals surface area contributed by atoms with Crippen molar-refractivity contribution in [3.63, 3.8) is 0 Å². The van der Waals surface area contributed by atoms with Gasteiger partial charge >= 0.3 is 0 Å². The number of amides is 2. The molecule has 0 bridgehead atoms. The van der Waals surface area contributed by atoms with Crippen molar-refractivity contribution < 1.29 is 14.3 Å². The van der Waals surface area contributed by atoms with E-state index in [9.17, 15) is 9.59 Å². The van der Waals surface area contributed by atoms with Gasteiger partial charge in [0.15, 0.2) is 5.69 Å². The minimum Gasteiger partial charge on any atom is -0.374 e. The van der Waals surface area contributed by atoms with Crippen LogP contribution in [0.5, 0.6) is 0 Å². The number of halogens is 1. The van der Waals surface area contributed by atoms with Crippen molar-refractivity contribution in [2.75, 3.05) is 7.05 Å². The van der Waals surface area contributed by atoms with Crippen LogP contribution in [0.25, 0.3) is 0 Å². The van der Waals surface area contributed by atoms with E-state index < -0.39 is 0 Å². The van der Waals surface area contributed by atoms with Crippen molar-refractivity contribution in [3.05, 3.63) is 88.2 Å². The van der Waals surface area contributed by atoms with E-state index in [1.165, 1.54) is 5.56 Å². The monoisotopic (exact) mass is 492 g/mol. The summed E-state index contributed by atoms with van der Waals surface area (Å²) in [7, 11) is 1.54. The largest absolute Gasteiger partial charge is 0.374 e. The number of nitrogens with one attached hydrogen (secondary N) is 2. The Morgan fingerprint density at radius 1 is 1.09 bits per heavy atom. The van der Waals surface area contributed by atoms with E-state index in [0.29, 0.717) is 29.2 Å². The summed E-state index contributed by atoms with van der Waals surface area (Å²) < 4.78 is 7.70. The number of carbonyl (C=O) groups is 2. The molecule has 5 rings (SSSR count). The molecule has 1 aromatic heterocycles. The molecule has 35 heavy (non-hydrogen) atoms. The maximum absolute atomic E-state index is 13.3. The van der Waals surface area contributed by atoms with Gasteiger partial charge in [0.25, 0.3) is 11.8 Å². The summed E-state index contributed by atoms with van der Waals surface area (Å²) in [6.45, 7) is 2.55. The van der Waals surface area contributed by atoms with Gasteiger partial charge in [0.2, 0.25) is 0 Å². The van der Waals surface area contributed by atoms with Crippen LogP contribution < -0.4 is 10.6 Å². The molecule has 4 unspecified atom stereocenters. The second-order valence-electron chi connectivity index (χ2n) is 9.39. The zero-order valence-corrected chi connectivity index (χ0v) is 20.5. The van der Waals surface area contributed by atoms with Crippen LogP contribution in [0, 0.1) is 11.8 Å². The Labute approximate surface area is 209 Å². The summed E-state index contributed by atoms with van der Waals surface area (Å²) in [4.78, 5) is 25.6. The number of carbonyl (C=O) groups excluding carboxylic acids is 2. The van der Waals surface area contributed by atoms with Gasteiger partial charge in [0.1, 0.15) is 5.69 Å². The van der Waals surface area contributed by atoms with E-state index in [1.807, 2.05) is 43.3 Å². The van der Waals surface area contributed by atoms with Crippen molar-refractivity contribution in [2.24, 2.45) is 11.8 Å². The van der Waals surface area contributed by atoms with Crippen LogP contribution in [-0.2, 0) is 11.3 Å². The Balaban J connectivity index is 1.24. The van der Waals surface area contributed by atoms with Gasteiger partial charge in [-0.05, 0) is 54.9 Å². The summed E-state index contributed by atoms with van der Waals surface area (Å²) >= 11 is 6.17. The molecule has 2 amide bonds. The molecule has 0 aliphatic heterocycles. The third-order valence-corrected chi connectivity index (χ3v) is 7.39. The molecule has 2 saturated carbocycles. The standard InChI is InChI=1S/C27H29ClN4O3/c1-16(18-9-6-10-19(28)11-18)32-24(14-23(31-32)26(33)29-2)27(34)30-25-21-12-20(13-22(21)25)35-15-17-7-4-3-5-8-17/h3-11,14,16,20-22,25H,12-13,15H2,1-2H3,(H,29,33)(H,30,34)/t16?,20?,21-,22?,25?/m0/s1. The van der Waals surface area contributed by atoms with Crippen molar-refractivity contribution in [1.29, 1.82) is 0 Å². The third-order valence-electron chi connectivity index (χ3n) is 7.15. The molecule has 2 N–H and O–H groups in total. The fourth-order valence-corrected chi connectivity index (χ4v) is 5.36. The lowest BCUT2D eigenvalue weighted by molar-refractivity contribution is 0.0353. The molecule has 2 aromatic carbocycles. The number of ether oxygens (including phenoxy) is 1. The molecular formula is C27H29ClN4O3. The second kappa shape index (κ2) is 9.84. The molecule has 182 valence electrons. The molecule has 2 aliphatic rings. The fraction of sp³-hybridized carbons (Fsp3) is 0.370. The van der Waals surface area contributed by atoms with E-state index in [0.717, 1.165) is 18.4 Å². The van der Waals surface area contributed by atoms with Gasteiger partial charge in [-0.15, -0.1) is 0 Å². The van der Waals surface area contributed by atoms with Gasteiger partial charge in [-0.1, -0.05) is 54.1 Å². The van der Waals surface area contributed by atoms with Crippen LogP contribution in [0.15, 0.2) is 60.7 Å². The highest BCUT2D eigenvalue weighted by Crippen LogP contribution is 2.53. The topological polar surface area (TPSA) is 85.3 Å². The van der Waals surface area contributed by atoms with Crippen molar-refractivity contribution in [2.45, 2.75) is 44.6 Å². The molecule has 3 aromatic rings. The Kier molecular flexibility index (Phi) is 6.62. The Morgan fingerprint density at radius 2 is 1.83 bits per heavy atom. The third kappa shape index (κ3) is 4.97. The van der Waals surface area contributed by atoms with E-state index in [-0.39, 0.29) is 35.7 Å². The normalized spacial score (nSPS) is 23.4. The van der Waals surface area contributed by atoms with Crippen LogP contribution in [0.3, 0.4) is 0 Å². The average Bonchev–Trinajstić information content (AvgIpc) is 3.23. The van der Waals surface area contributed by atoms with E-state index in [1.54, 1.807) is 23.9 Å². The van der Waals surface area contributed by atoms with Gasteiger partial charge < -0.3 is 15.4 Å². The zero-order chi connectivity index (χ0) is 24.5. The van der Waals surface area contributed by atoms with Gasteiger partial charge in [-0.25, -0.2) is 0 Å². The van der Waals surface area contributed by atoms with Gasteiger partial charge in [-0.2, -0.15) is 5.10 Å². The van der Waals surface area contributed by atoms with Crippen LogP contribution in [0.4, 0.5) is 0 Å². The van der Waals surface area contributed by atoms with Crippen LogP contribution in [0.2, 0.25) is 5.02 Å². The molecule has 7 nitrogen and oxygen atoms in total. The van der Waals surface area contributed by atoms with Crippen molar-refractivity contribution in [3.8, 4) is 0 Å². The lowest BCUT2D eigenvalue weighted by Crippen LogP contribution is -2.32. The molecule has 0 radical (unpaired) electrons. The zero-order valence-electron chi connectivity index (χ0n) is 19.8. The number of hydrogen-bond donors (Lipinski definition) is 2. The Morgan fingerprint density at radius 3 is 2.51 bits per heavy atom. The molecule has 5 atom stereocenters. The first-order valence-corrected chi connectivity index (χ1v) is 12.4. The molecule has 2 aliphatic carbocycles. The highest BCUT2D eigenvalue weighted by molar-refractivity contribution is 6.30. The predicted molar refractivity (Wildman–Crippen MR) is 133 cm³/mol. The first-order chi connectivity index (χ1) is 16.9. The highest BCUT2D eigenvalue weighted by atomic mass is 35.5. The lowest BCUT2D eigenvalue weighted by Gasteiger charge is -2.18. The van der Waals surface area contributed by atoms with Crippen LogP contribution >= 0.6 is 11.6 Å². The predicted octanol–water partition coefficient (Wildman–Crippen LogP) is 4.23. The van der Waals surface area contributed by atoms with Crippen molar-refractivity contribution >= 4 is 23.4 Å². The highest BCUT2D eigenvalue weighted by Gasteiger charge is 2.57. The summed E-state index contributed by atoms with van der Waals surface area (Å²) in [5.74, 6) is 0.306. The van der Waals surface area contributed by atoms with E-state index in [4.69, 9.17) is 16.3 Å². The number of fused-ring (bicyclic) bond motifs is 1. The quantitative estimate of drug-likeness (QED) is 0.493. The van der Waals surface area contributed by atoms with Crippen LogP contribution in [-0.4, -0.2) is 40.8 Å². The first kappa shape index (κ1) is 23.6. The molecular weight excluding hydrogens is 464 g/mol. The molecule has 2 fully saturated rings. The number of benzene rings is 2. The summed E-state index contributed by atoms with van der Waals surface area (Å²) in [5.41, 5.74) is 2.64. The Hall–Kier alpha value is -3.16. The first-order valence-electron chi connectivity index (χ1n) is 12.0. The van der Waals surface area contributed by atoms with E-state index >= 15 is 0 Å². The Bertz CT molecular complexity index is 1220. The van der Waals surface area contributed by atoms with E-state index in [2.05, 4.69) is 27.9 Å². The number of aromatic nitrogens is 2. The second-order valence-corrected chi connectivity index (χ2v) is 9.82. The number of nitrogens with zero attached hydrogens (tertiary/aromatic N) is 2. The molecule has 0 saturated heterocycles. The SMILES string of the molecule is CNC(=O)c1cc(C(=O)NC2C3CC(OCc4ccccc4)C[C@@H]32)n(C(C)c2cccc(Cl)c2)n1. The molecule has 0 spiro atoms. The lowest BCUT2D eigenvalue weighted by atomic mass is 10.1. The minimum absolute atomic E-state index is 0.132. The van der Waals surface area contributed by atoms with Gasteiger partial charge in [-0.3, -0.25) is 14.3 Å². The molecule has 8 heteroatoms. The molecule has 1 heterocycles. The summed E-state index contributed by atoms with van der Waals surface area (Å²) in [5, 5.41) is 10.8. The summed E-state index contributed by atoms with van der Waals surface area (Å²) in [6, 6.07) is 19.0. The van der Waals surface area contributed by atoms with Gasteiger partial charge in [0.05, 0.1) is 18.8 Å². The maximum Gasteiger partial charge on any atom is 0.271 e. The summed E-state index contributed by atoms with van der Waals surface area (Å²) in [6.07, 6.45) is 2.13. The maximum atomic E-state index is 13.3. The smallest absolute Gasteiger partial charge is 0.271 e. The fourth-order valence-electron chi connectivity index (χ4n) is 5.16.